The van der Waals surface area contributed by atoms with Crippen LogP contribution in [0.2, 0.25) is 0 Å². The summed E-state index contributed by atoms with van der Waals surface area (Å²) in [4.78, 5) is 43.1. The summed E-state index contributed by atoms with van der Waals surface area (Å²) in [6.07, 6.45) is 2.91. The molecule has 4 rings (SSSR count). The Labute approximate surface area is 192 Å². The molecule has 3 aliphatic heterocycles. The summed E-state index contributed by atoms with van der Waals surface area (Å²) in [5.74, 6) is -3.15. The number of carboxylic acid groups (broad SMARTS) is 1. The number of likely N-dealkylation sites (tertiary alicyclic amines) is 1. The first-order chi connectivity index (χ1) is 15.2. The van der Waals surface area contributed by atoms with Gasteiger partial charge in [0.05, 0.1) is 29.2 Å². The largest absolute Gasteiger partial charge is 0.481 e. The maximum absolute atomic E-state index is 14.1. The molecule has 1 aromatic carbocycles. The molecule has 3 aliphatic rings. The molecule has 0 aromatic heterocycles. The molecule has 3 fully saturated rings. The fourth-order valence-corrected chi connectivity index (χ4v) is 8.28. The number of hydrogen-bond acceptors (Lipinski definition) is 5. The van der Waals surface area contributed by atoms with Crippen LogP contribution in [-0.2, 0) is 20.9 Å². The second-order valence-electron chi connectivity index (χ2n) is 9.34. The second-order valence-corrected chi connectivity index (χ2v) is 11.2. The molecule has 6 atom stereocenters. The smallest absolute Gasteiger partial charge is 0.308 e. The molecule has 172 valence electrons. The summed E-state index contributed by atoms with van der Waals surface area (Å²) in [6, 6.07) is 8.21. The van der Waals surface area contributed by atoms with E-state index in [1.807, 2.05) is 37.3 Å². The summed E-state index contributed by atoms with van der Waals surface area (Å²) < 4.78 is -1.38. The zero-order valence-electron chi connectivity index (χ0n) is 18.4. The molecule has 1 aromatic rings. The van der Waals surface area contributed by atoms with Gasteiger partial charge in [-0.05, 0) is 32.3 Å². The van der Waals surface area contributed by atoms with Gasteiger partial charge in [0.15, 0.2) is 0 Å². The lowest BCUT2D eigenvalue weighted by molar-refractivity contribution is -0.151. The highest BCUT2D eigenvalue weighted by Crippen LogP contribution is 2.71. The normalized spacial score (nSPS) is 33.8. The van der Waals surface area contributed by atoms with Crippen molar-refractivity contribution in [1.82, 2.24) is 9.80 Å². The van der Waals surface area contributed by atoms with Crippen LogP contribution in [0, 0.1) is 11.8 Å². The molecule has 2 bridgehead atoms. The van der Waals surface area contributed by atoms with Crippen LogP contribution in [0.15, 0.2) is 43.0 Å². The summed E-state index contributed by atoms with van der Waals surface area (Å²) in [7, 11) is 0. The fraction of sp³-hybridized carbons (Fsp3) is 0.542. The number of aliphatic carboxylic acids is 1. The number of nitrogens with zero attached hydrogens (tertiary/aromatic N) is 2. The van der Waals surface area contributed by atoms with E-state index in [-0.39, 0.29) is 18.4 Å². The van der Waals surface area contributed by atoms with Gasteiger partial charge in [0, 0.05) is 17.8 Å². The Balaban J connectivity index is 1.77. The van der Waals surface area contributed by atoms with E-state index in [0.717, 1.165) is 5.56 Å². The van der Waals surface area contributed by atoms with Crippen LogP contribution >= 0.6 is 11.8 Å². The van der Waals surface area contributed by atoms with Crippen molar-refractivity contribution in [1.29, 1.82) is 0 Å². The number of hydrogen-bond donors (Lipinski definition) is 2. The number of thioether (sulfide) groups is 1. The Morgan fingerprint density at radius 1 is 1.34 bits per heavy atom. The van der Waals surface area contributed by atoms with Gasteiger partial charge < -0.3 is 20.0 Å². The van der Waals surface area contributed by atoms with Crippen molar-refractivity contribution >= 4 is 29.5 Å². The fourth-order valence-electron chi connectivity index (χ4n) is 5.95. The molecular weight excluding hydrogens is 428 g/mol. The molecule has 1 spiro atoms. The van der Waals surface area contributed by atoms with E-state index in [0.29, 0.717) is 25.9 Å². The van der Waals surface area contributed by atoms with Gasteiger partial charge >= 0.3 is 5.97 Å². The van der Waals surface area contributed by atoms with Crippen molar-refractivity contribution in [2.24, 2.45) is 11.8 Å². The van der Waals surface area contributed by atoms with Gasteiger partial charge in [-0.3, -0.25) is 14.4 Å². The molecule has 2 amide bonds. The molecule has 3 saturated heterocycles. The minimum Gasteiger partial charge on any atom is -0.481 e. The minimum absolute atomic E-state index is 0.215. The molecule has 2 N–H and O–H groups in total. The van der Waals surface area contributed by atoms with Gasteiger partial charge in [-0.1, -0.05) is 36.4 Å². The van der Waals surface area contributed by atoms with E-state index in [4.69, 9.17) is 0 Å². The van der Waals surface area contributed by atoms with Gasteiger partial charge in [-0.25, -0.2) is 0 Å². The van der Waals surface area contributed by atoms with Gasteiger partial charge in [0.1, 0.15) is 6.04 Å². The number of aliphatic hydroxyl groups is 1. The van der Waals surface area contributed by atoms with Crippen molar-refractivity contribution in [2.45, 2.75) is 54.8 Å². The van der Waals surface area contributed by atoms with Crippen molar-refractivity contribution in [3.63, 3.8) is 0 Å². The van der Waals surface area contributed by atoms with Gasteiger partial charge in [-0.2, -0.15) is 0 Å². The van der Waals surface area contributed by atoms with E-state index < -0.39 is 39.4 Å². The number of carbonyl (C=O) groups is 3. The van der Waals surface area contributed by atoms with Crippen LogP contribution < -0.4 is 0 Å². The van der Waals surface area contributed by atoms with E-state index in [1.54, 1.807) is 17.9 Å². The number of fused-ring (bicyclic) bond motifs is 1. The molecule has 0 saturated carbocycles. The highest BCUT2D eigenvalue weighted by atomic mass is 32.2. The summed E-state index contributed by atoms with van der Waals surface area (Å²) in [5, 5.41) is 19.9. The van der Waals surface area contributed by atoms with Crippen LogP contribution in [0.4, 0.5) is 0 Å². The lowest BCUT2D eigenvalue weighted by atomic mass is 9.66. The Morgan fingerprint density at radius 2 is 2.03 bits per heavy atom. The monoisotopic (exact) mass is 458 g/mol. The molecule has 32 heavy (non-hydrogen) atoms. The third kappa shape index (κ3) is 3.27. The lowest BCUT2D eigenvalue weighted by Crippen LogP contribution is -2.56. The highest BCUT2D eigenvalue weighted by Gasteiger charge is 2.77. The highest BCUT2D eigenvalue weighted by molar-refractivity contribution is 8.02. The zero-order valence-corrected chi connectivity index (χ0v) is 19.3. The molecular formula is C24H30N2O5S. The summed E-state index contributed by atoms with van der Waals surface area (Å²) in [5.41, 5.74) is 0.960. The lowest BCUT2D eigenvalue weighted by Gasteiger charge is -2.38. The van der Waals surface area contributed by atoms with Crippen LogP contribution in [0.3, 0.4) is 0 Å². The molecule has 0 aliphatic carbocycles. The van der Waals surface area contributed by atoms with Crippen molar-refractivity contribution in [3.05, 3.63) is 48.6 Å². The third-order valence-corrected chi connectivity index (χ3v) is 9.32. The van der Waals surface area contributed by atoms with Crippen molar-refractivity contribution < 1.29 is 24.6 Å². The molecule has 7 nitrogen and oxygen atoms in total. The Kier molecular flexibility index (Phi) is 5.88. The average Bonchev–Trinajstić information content (AvgIpc) is 3.34. The maximum Gasteiger partial charge on any atom is 0.308 e. The number of amides is 2. The van der Waals surface area contributed by atoms with Crippen LogP contribution in [-0.4, -0.2) is 72.5 Å². The summed E-state index contributed by atoms with van der Waals surface area (Å²) >= 11 is 1.50. The predicted molar refractivity (Wildman–Crippen MR) is 122 cm³/mol. The predicted octanol–water partition coefficient (Wildman–Crippen LogP) is 2.15. The standard InChI is InChI=1S/C24H30N2O5S/c1-4-12-25(13-16-8-6-5-7-9-16)21(29)19-24-11-10-23(3,32-24)18(22(30)31)17(24)20(28)26(19)15(2)14-27/h4-9,15,17-19,27H,1,10-14H2,2-3H3,(H,30,31)/t15-,17+,18-,19?,23+,24?/m1/s1. The summed E-state index contributed by atoms with van der Waals surface area (Å²) in [6.45, 7) is 7.79. The van der Waals surface area contributed by atoms with Crippen molar-refractivity contribution in [3.8, 4) is 0 Å². The van der Waals surface area contributed by atoms with Gasteiger partial charge in [-0.15, -0.1) is 18.3 Å². The topological polar surface area (TPSA) is 98.2 Å². The average molecular weight is 459 g/mol. The SMILES string of the molecule is C=CCN(Cc1ccccc1)C(=O)C1N([C@H](C)CO)C(=O)[C@@H]2[C@H](C(=O)O)[C@]3(C)CCC12S3. The van der Waals surface area contributed by atoms with Gasteiger partial charge in [0.25, 0.3) is 0 Å². The quantitative estimate of drug-likeness (QED) is 0.580. The van der Waals surface area contributed by atoms with Crippen LogP contribution in [0.5, 0.6) is 0 Å². The first-order valence-electron chi connectivity index (χ1n) is 11.0. The Morgan fingerprint density at radius 3 is 2.62 bits per heavy atom. The first kappa shape index (κ1) is 22.9. The second kappa shape index (κ2) is 8.23. The number of aliphatic hydroxyl groups excluding tert-OH is 1. The number of carboxylic acids is 1. The molecule has 0 radical (unpaired) electrons. The maximum atomic E-state index is 14.1. The molecule has 8 heteroatoms. The third-order valence-electron chi connectivity index (χ3n) is 7.33. The number of carbonyl (C=O) groups excluding carboxylic acids is 2. The van der Waals surface area contributed by atoms with E-state index in [9.17, 15) is 24.6 Å². The molecule has 2 unspecified atom stereocenters. The van der Waals surface area contributed by atoms with E-state index in [2.05, 4.69) is 6.58 Å². The van der Waals surface area contributed by atoms with Gasteiger partial charge in [0.2, 0.25) is 11.8 Å². The van der Waals surface area contributed by atoms with E-state index >= 15 is 0 Å². The van der Waals surface area contributed by atoms with E-state index in [1.165, 1.54) is 16.7 Å². The Bertz CT molecular complexity index is 940. The van der Waals surface area contributed by atoms with Crippen LogP contribution in [0.1, 0.15) is 32.3 Å². The number of benzene rings is 1. The zero-order chi connectivity index (χ0) is 23.3. The Hall–Kier alpha value is -2.32. The minimum atomic E-state index is -0.989. The first-order valence-corrected chi connectivity index (χ1v) is 11.8. The molecule has 3 heterocycles. The number of rotatable bonds is 8. The van der Waals surface area contributed by atoms with Crippen LogP contribution in [0.25, 0.3) is 0 Å². The van der Waals surface area contributed by atoms with Crippen molar-refractivity contribution in [2.75, 3.05) is 13.2 Å².